The van der Waals surface area contributed by atoms with Crippen molar-refractivity contribution in [3.8, 4) is 0 Å². The van der Waals surface area contributed by atoms with Crippen molar-refractivity contribution in [3.63, 3.8) is 0 Å². The van der Waals surface area contributed by atoms with E-state index in [-0.39, 0.29) is 22.5 Å². The molecular weight excluding hydrogens is 292 g/mol. The Bertz CT molecular complexity index is 538. The molecule has 2 heterocycles. The van der Waals surface area contributed by atoms with Crippen LogP contribution in [0, 0.1) is 0 Å². The number of nitrogens with two attached hydrogens (primary N) is 1. The summed E-state index contributed by atoms with van der Waals surface area (Å²) >= 11 is 1.16. The summed E-state index contributed by atoms with van der Waals surface area (Å²) in [6.07, 6.45) is 1.91. The van der Waals surface area contributed by atoms with Crippen LogP contribution in [-0.2, 0) is 4.74 Å². The average Bonchev–Trinajstić information content (AvgIpc) is 2.83. The summed E-state index contributed by atoms with van der Waals surface area (Å²) in [4.78, 5) is 24.0. The van der Waals surface area contributed by atoms with Crippen molar-refractivity contribution in [3.05, 3.63) is 10.4 Å². The highest BCUT2D eigenvalue weighted by atomic mass is 32.1. The molecule has 8 heteroatoms. The highest BCUT2D eigenvalue weighted by molar-refractivity contribution is 7.19. The molecule has 0 aromatic carbocycles. The Hall–Kier alpha value is -1.80. The average molecular weight is 312 g/mol. The summed E-state index contributed by atoms with van der Waals surface area (Å²) in [5.74, 6) is -0.837. The third-order valence-corrected chi connectivity index (χ3v) is 4.56. The van der Waals surface area contributed by atoms with Crippen LogP contribution in [0.2, 0.25) is 0 Å². The van der Waals surface area contributed by atoms with Gasteiger partial charge in [0.15, 0.2) is 0 Å². The molecule has 1 aromatic heterocycles. The van der Waals surface area contributed by atoms with Crippen molar-refractivity contribution in [2.45, 2.75) is 18.9 Å². The molecule has 1 aliphatic heterocycles. The summed E-state index contributed by atoms with van der Waals surface area (Å²) in [7, 11) is 2.83. The number of esters is 1. The Morgan fingerprint density at radius 1 is 1.38 bits per heavy atom. The molecule has 1 amide bonds. The molecule has 0 bridgehead atoms. The molecular formula is C13H20N4O3S. The Morgan fingerprint density at radius 2 is 2.05 bits per heavy atom. The second-order valence-electron chi connectivity index (χ2n) is 4.79. The maximum absolute atomic E-state index is 12.0. The van der Waals surface area contributed by atoms with Crippen LogP contribution in [0.1, 0.15) is 32.9 Å². The third kappa shape index (κ3) is 3.27. The predicted molar refractivity (Wildman–Crippen MR) is 83.0 cm³/mol. The van der Waals surface area contributed by atoms with Crippen LogP contribution < -0.4 is 21.7 Å². The smallest absolute Gasteiger partial charge is 0.350 e. The molecule has 21 heavy (non-hydrogen) atoms. The lowest BCUT2D eigenvalue weighted by atomic mass is 10.1. The van der Waals surface area contributed by atoms with Crippen LogP contribution in [0.15, 0.2) is 0 Å². The summed E-state index contributed by atoms with van der Waals surface area (Å²) < 4.78 is 4.71. The van der Waals surface area contributed by atoms with E-state index in [0.29, 0.717) is 10.6 Å². The molecule has 0 spiro atoms. The van der Waals surface area contributed by atoms with Crippen LogP contribution in [0.3, 0.4) is 0 Å². The van der Waals surface area contributed by atoms with Gasteiger partial charge in [-0.1, -0.05) is 0 Å². The Kier molecular flexibility index (Phi) is 5.03. The lowest BCUT2D eigenvalue weighted by Gasteiger charge is -2.24. The lowest BCUT2D eigenvalue weighted by Crippen LogP contribution is -2.35. The molecule has 0 radical (unpaired) electrons. The van der Waals surface area contributed by atoms with Crippen molar-refractivity contribution < 1.29 is 14.3 Å². The van der Waals surface area contributed by atoms with E-state index in [4.69, 9.17) is 10.5 Å². The first-order valence-electron chi connectivity index (χ1n) is 6.78. The van der Waals surface area contributed by atoms with E-state index >= 15 is 0 Å². The Balaban J connectivity index is 2.33. The van der Waals surface area contributed by atoms with Crippen molar-refractivity contribution in [2.75, 3.05) is 38.3 Å². The zero-order valence-electron chi connectivity index (χ0n) is 12.1. The first-order chi connectivity index (χ1) is 10.1. The topological polar surface area (TPSA) is 105 Å². The standard InChI is InChI=1S/C13H20N4O3S/c1-15-11(18)8-9(14)10(13(19)20-2)21-12(8)17-7-3-5-16-6-4-7/h7,16-17H,3-6,14H2,1-2H3,(H,15,18). The number of nitrogen functional groups attached to an aromatic ring is 1. The third-order valence-electron chi connectivity index (χ3n) is 3.44. The maximum atomic E-state index is 12.0. The number of ether oxygens (including phenoxy) is 1. The Morgan fingerprint density at radius 3 is 2.62 bits per heavy atom. The molecule has 1 aliphatic rings. The van der Waals surface area contributed by atoms with Gasteiger partial charge in [0.25, 0.3) is 5.91 Å². The van der Waals surface area contributed by atoms with Crippen LogP contribution in [0.25, 0.3) is 0 Å². The van der Waals surface area contributed by atoms with Gasteiger partial charge >= 0.3 is 5.97 Å². The van der Waals surface area contributed by atoms with Crippen LogP contribution in [0.5, 0.6) is 0 Å². The summed E-state index contributed by atoms with van der Waals surface area (Å²) in [6, 6.07) is 0.262. The fourth-order valence-electron chi connectivity index (χ4n) is 2.29. The van der Waals surface area contributed by atoms with Crippen molar-refractivity contribution >= 4 is 33.9 Å². The number of anilines is 2. The second-order valence-corrected chi connectivity index (χ2v) is 5.81. The van der Waals surface area contributed by atoms with Gasteiger partial charge < -0.3 is 26.4 Å². The number of piperidine rings is 1. The minimum absolute atomic E-state index is 0.169. The number of hydrogen-bond acceptors (Lipinski definition) is 7. The first kappa shape index (κ1) is 15.6. The van der Waals surface area contributed by atoms with E-state index < -0.39 is 5.97 Å². The van der Waals surface area contributed by atoms with Gasteiger partial charge in [-0.3, -0.25) is 4.79 Å². The van der Waals surface area contributed by atoms with Gasteiger partial charge in [0.05, 0.1) is 18.4 Å². The van der Waals surface area contributed by atoms with Gasteiger partial charge in [0, 0.05) is 13.1 Å². The number of amides is 1. The van der Waals surface area contributed by atoms with Crippen molar-refractivity contribution in [1.82, 2.24) is 10.6 Å². The molecule has 1 aromatic rings. The van der Waals surface area contributed by atoms with Crippen LogP contribution in [0.4, 0.5) is 10.7 Å². The number of carbonyl (C=O) groups is 2. The largest absolute Gasteiger partial charge is 0.465 e. The molecule has 116 valence electrons. The fourth-order valence-corrected chi connectivity index (χ4v) is 3.41. The van der Waals surface area contributed by atoms with Gasteiger partial charge in [-0.15, -0.1) is 11.3 Å². The molecule has 2 rings (SSSR count). The predicted octanol–water partition coefficient (Wildman–Crippen LogP) is 0.640. The number of carbonyl (C=O) groups excluding carboxylic acids is 2. The molecule has 1 fully saturated rings. The van der Waals surface area contributed by atoms with Crippen molar-refractivity contribution in [2.24, 2.45) is 0 Å². The fraction of sp³-hybridized carbons (Fsp3) is 0.538. The molecule has 0 unspecified atom stereocenters. The van der Waals surface area contributed by atoms with Gasteiger partial charge in [0.2, 0.25) is 0 Å². The summed E-state index contributed by atoms with van der Waals surface area (Å²) in [6.45, 7) is 1.86. The molecule has 0 saturated carbocycles. The summed E-state index contributed by atoms with van der Waals surface area (Å²) in [5, 5.41) is 9.79. The minimum Gasteiger partial charge on any atom is -0.465 e. The number of nitrogens with one attached hydrogen (secondary N) is 3. The van der Waals surface area contributed by atoms with Gasteiger partial charge in [-0.05, 0) is 25.9 Å². The number of thiophene rings is 1. The normalized spacial score (nSPS) is 15.5. The van der Waals surface area contributed by atoms with Crippen LogP contribution >= 0.6 is 11.3 Å². The van der Waals surface area contributed by atoms with E-state index in [1.165, 1.54) is 14.2 Å². The number of methoxy groups -OCH3 is 1. The zero-order valence-corrected chi connectivity index (χ0v) is 12.9. The van der Waals surface area contributed by atoms with E-state index in [1.807, 2.05) is 0 Å². The lowest BCUT2D eigenvalue weighted by molar-refractivity contribution is 0.0607. The monoisotopic (exact) mass is 312 g/mol. The zero-order chi connectivity index (χ0) is 15.4. The van der Waals surface area contributed by atoms with Gasteiger partial charge in [-0.25, -0.2) is 4.79 Å². The van der Waals surface area contributed by atoms with E-state index in [9.17, 15) is 9.59 Å². The number of rotatable bonds is 4. The maximum Gasteiger partial charge on any atom is 0.350 e. The first-order valence-corrected chi connectivity index (χ1v) is 7.60. The van der Waals surface area contributed by atoms with Gasteiger partial charge in [0.1, 0.15) is 9.88 Å². The van der Waals surface area contributed by atoms with E-state index in [2.05, 4.69) is 16.0 Å². The van der Waals surface area contributed by atoms with Gasteiger partial charge in [-0.2, -0.15) is 0 Å². The molecule has 5 N–H and O–H groups in total. The van der Waals surface area contributed by atoms with E-state index in [0.717, 1.165) is 37.3 Å². The summed E-state index contributed by atoms with van der Waals surface area (Å²) in [5.41, 5.74) is 6.45. The molecule has 0 aliphatic carbocycles. The quantitative estimate of drug-likeness (QED) is 0.608. The molecule has 7 nitrogen and oxygen atoms in total. The number of hydrogen-bond donors (Lipinski definition) is 4. The van der Waals surface area contributed by atoms with Crippen molar-refractivity contribution in [1.29, 1.82) is 0 Å². The molecule has 0 atom stereocenters. The highest BCUT2D eigenvalue weighted by Crippen LogP contribution is 2.37. The van der Waals surface area contributed by atoms with Crippen LogP contribution in [-0.4, -0.2) is 45.2 Å². The highest BCUT2D eigenvalue weighted by Gasteiger charge is 2.27. The Labute approximate surface area is 127 Å². The van der Waals surface area contributed by atoms with E-state index in [1.54, 1.807) is 0 Å². The SMILES string of the molecule is CNC(=O)c1c(NC2CCNCC2)sc(C(=O)OC)c1N. The molecule has 1 saturated heterocycles. The second kappa shape index (κ2) is 6.77. The minimum atomic E-state index is -0.527.